The number of carbonyl (C=O) groups excluding carboxylic acids is 3. The minimum atomic E-state index is -0.768. The first kappa shape index (κ1) is 68.2. The Morgan fingerprint density at radius 1 is 0.271 bits per heavy atom. The van der Waals surface area contributed by atoms with Crippen molar-refractivity contribution in [2.45, 2.75) is 367 Å². The van der Waals surface area contributed by atoms with Crippen LogP contribution < -0.4 is 0 Å². The Labute approximate surface area is 437 Å². The van der Waals surface area contributed by atoms with Crippen LogP contribution >= 0.6 is 0 Å². The molecule has 0 aliphatic rings. The Bertz CT molecular complexity index is 1090. The fraction of sp³-hybridized carbons (Fsp3) is 0.922. The van der Waals surface area contributed by atoms with Crippen LogP contribution in [0.4, 0.5) is 0 Å². The quantitative estimate of drug-likeness (QED) is 0.0261. The molecule has 0 rings (SSSR count). The van der Waals surface area contributed by atoms with Gasteiger partial charge in [0.1, 0.15) is 13.2 Å². The fourth-order valence-corrected chi connectivity index (χ4v) is 9.74. The van der Waals surface area contributed by atoms with E-state index in [1.807, 2.05) is 0 Å². The van der Waals surface area contributed by atoms with E-state index in [2.05, 4.69) is 32.9 Å². The van der Waals surface area contributed by atoms with Gasteiger partial charge in [-0.1, -0.05) is 309 Å². The van der Waals surface area contributed by atoms with Gasteiger partial charge < -0.3 is 14.2 Å². The molecule has 0 aromatic carbocycles. The zero-order valence-corrected chi connectivity index (χ0v) is 47.6. The summed E-state index contributed by atoms with van der Waals surface area (Å²) < 4.78 is 16.8. The van der Waals surface area contributed by atoms with Crippen LogP contribution in [-0.2, 0) is 28.6 Å². The summed E-state index contributed by atoms with van der Waals surface area (Å²) in [7, 11) is 0. The van der Waals surface area contributed by atoms with Crippen molar-refractivity contribution >= 4 is 17.9 Å². The average Bonchev–Trinajstić information content (AvgIpc) is 3.36. The molecule has 0 aliphatic heterocycles. The highest BCUT2D eigenvalue weighted by atomic mass is 16.6. The number of hydrogen-bond donors (Lipinski definition) is 0. The van der Waals surface area contributed by atoms with Gasteiger partial charge in [0, 0.05) is 19.3 Å². The molecular weight excluding hydrogens is 865 g/mol. The molecule has 0 spiro atoms. The minimum absolute atomic E-state index is 0.0678. The predicted molar refractivity (Wildman–Crippen MR) is 303 cm³/mol. The molecule has 0 saturated heterocycles. The zero-order valence-electron chi connectivity index (χ0n) is 47.6. The van der Waals surface area contributed by atoms with E-state index in [1.54, 1.807) is 0 Å². The molecule has 0 bridgehead atoms. The highest BCUT2D eigenvalue weighted by Crippen LogP contribution is 2.18. The average molecular weight is 988 g/mol. The third-order valence-electron chi connectivity index (χ3n) is 14.5. The van der Waals surface area contributed by atoms with Crippen LogP contribution in [0.1, 0.15) is 361 Å². The molecule has 6 nitrogen and oxygen atoms in total. The molecule has 1 unspecified atom stereocenters. The molecule has 0 aromatic rings. The van der Waals surface area contributed by atoms with E-state index < -0.39 is 6.10 Å². The van der Waals surface area contributed by atoms with E-state index in [1.165, 1.54) is 257 Å². The van der Waals surface area contributed by atoms with Gasteiger partial charge in [-0.3, -0.25) is 14.4 Å². The first-order valence-electron chi connectivity index (χ1n) is 31.7. The molecule has 0 saturated carbocycles. The molecule has 6 heteroatoms. The molecule has 414 valence electrons. The van der Waals surface area contributed by atoms with Gasteiger partial charge in [-0.25, -0.2) is 0 Å². The molecule has 0 heterocycles. The molecule has 1 atom stereocenters. The zero-order chi connectivity index (χ0) is 50.7. The van der Waals surface area contributed by atoms with Crippen LogP contribution in [0.15, 0.2) is 12.2 Å². The van der Waals surface area contributed by atoms with Crippen molar-refractivity contribution in [3.63, 3.8) is 0 Å². The fourth-order valence-electron chi connectivity index (χ4n) is 9.74. The normalized spacial score (nSPS) is 12.0. The summed E-state index contributed by atoms with van der Waals surface area (Å²) in [6.45, 7) is 6.66. The third-order valence-corrected chi connectivity index (χ3v) is 14.5. The second-order valence-electron chi connectivity index (χ2n) is 21.7. The second kappa shape index (κ2) is 59.7. The predicted octanol–water partition coefficient (Wildman–Crippen LogP) is 21.3. The topological polar surface area (TPSA) is 78.9 Å². The smallest absolute Gasteiger partial charge is 0.306 e. The van der Waals surface area contributed by atoms with Gasteiger partial charge in [0.05, 0.1) is 0 Å². The van der Waals surface area contributed by atoms with E-state index in [4.69, 9.17) is 14.2 Å². The largest absolute Gasteiger partial charge is 0.462 e. The van der Waals surface area contributed by atoms with Crippen LogP contribution in [0, 0.1) is 0 Å². The Morgan fingerprint density at radius 2 is 0.471 bits per heavy atom. The Morgan fingerprint density at radius 3 is 0.714 bits per heavy atom. The number of ether oxygens (including phenoxy) is 3. The van der Waals surface area contributed by atoms with Gasteiger partial charge >= 0.3 is 17.9 Å². The van der Waals surface area contributed by atoms with Gasteiger partial charge in [0.15, 0.2) is 6.10 Å². The van der Waals surface area contributed by atoms with Crippen molar-refractivity contribution < 1.29 is 28.6 Å². The van der Waals surface area contributed by atoms with Gasteiger partial charge in [0.25, 0.3) is 0 Å². The first-order chi connectivity index (χ1) is 34.5. The summed E-state index contributed by atoms with van der Waals surface area (Å²) in [6, 6.07) is 0. The van der Waals surface area contributed by atoms with E-state index in [9.17, 15) is 14.4 Å². The summed E-state index contributed by atoms with van der Waals surface area (Å²) in [5.74, 6) is -0.856. The SMILES string of the molecule is CCCCCCC/C=C\CCCCCCCC(=O)OC(COC(=O)CCCCCCCCCCC)COC(=O)CCCCCCCCCCCCCCCCCCCCCCCCCCCCCCC. The van der Waals surface area contributed by atoms with Gasteiger partial charge in [-0.05, 0) is 44.9 Å². The Balaban J connectivity index is 4.03. The van der Waals surface area contributed by atoms with Gasteiger partial charge in [0.2, 0.25) is 0 Å². The number of rotatable bonds is 59. The lowest BCUT2D eigenvalue weighted by molar-refractivity contribution is -0.167. The lowest BCUT2D eigenvalue weighted by Crippen LogP contribution is -2.30. The number of unbranched alkanes of at least 4 members (excludes halogenated alkanes) is 46. The molecule has 0 fully saturated rings. The first-order valence-corrected chi connectivity index (χ1v) is 31.7. The lowest BCUT2D eigenvalue weighted by Gasteiger charge is -2.18. The van der Waals surface area contributed by atoms with E-state index in [0.717, 1.165) is 64.2 Å². The Hall–Kier alpha value is -1.85. The lowest BCUT2D eigenvalue weighted by atomic mass is 10.0. The van der Waals surface area contributed by atoms with Crippen molar-refractivity contribution in [3.05, 3.63) is 12.2 Å². The van der Waals surface area contributed by atoms with Gasteiger partial charge in [-0.2, -0.15) is 0 Å². The van der Waals surface area contributed by atoms with Crippen molar-refractivity contribution in [3.8, 4) is 0 Å². The highest BCUT2D eigenvalue weighted by molar-refractivity contribution is 5.71. The van der Waals surface area contributed by atoms with Crippen LogP contribution in [-0.4, -0.2) is 37.2 Å². The summed E-state index contributed by atoms with van der Waals surface area (Å²) in [5, 5.41) is 0. The maximum absolute atomic E-state index is 12.8. The molecule has 0 aromatic heterocycles. The number of esters is 3. The van der Waals surface area contributed by atoms with Crippen molar-refractivity contribution in [1.29, 1.82) is 0 Å². The monoisotopic (exact) mass is 987 g/mol. The summed E-state index contributed by atoms with van der Waals surface area (Å²) in [4.78, 5) is 38.1. The molecular formula is C64H122O6. The molecule has 0 amide bonds. The molecule has 0 aliphatic carbocycles. The van der Waals surface area contributed by atoms with Gasteiger partial charge in [-0.15, -0.1) is 0 Å². The number of carbonyl (C=O) groups is 3. The maximum atomic E-state index is 12.8. The molecule has 0 radical (unpaired) electrons. The van der Waals surface area contributed by atoms with Crippen molar-refractivity contribution in [1.82, 2.24) is 0 Å². The van der Waals surface area contributed by atoms with E-state index in [-0.39, 0.29) is 31.1 Å². The van der Waals surface area contributed by atoms with E-state index >= 15 is 0 Å². The molecule has 0 N–H and O–H groups in total. The van der Waals surface area contributed by atoms with Crippen molar-refractivity contribution in [2.24, 2.45) is 0 Å². The molecule has 70 heavy (non-hydrogen) atoms. The van der Waals surface area contributed by atoms with Crippen molar-refractivity contribution in [2.75, 3.05) is 13.2 Å². The second-order valence-corrected chi connectivity index (χ2v) is 21.7. The summed E-state index contributed by atoms with van der Waals surface area (Å²) >= 11 is 0. The number of allylic oxidation sites excluding steroid dienone is 2. The Kier molecular flexibility index (Phi) is 58.1. The van der Waals surface area contributed by atoms with E-state index in [0.29, 0.717) is 19.3 Å². The van der Waals surface area contributed by atoms with Crippen LogP contribution in [0.5, 0.6) is 0 Å². The third kappa shape index (κ3) is 57.1. The van der Waals surface area contributed by atoms with Crippen LogP contribution in [0.2, 0.25) is 0 Å². The summed E-state index contributed by atoms with van der Waals surface area (Å²) in [5.41, 5.74) is 0. The van der Waals surface area contributed by atoms with Crippen LogP contribution in [0.3, 0.4) is 0 Å². The van der Waals surface area contributed by atoms with Crippen LogP contribution in [0.25, 0.3) is 0 Å². The summed E-state index contributed by atoms with van der Waals surface area (Å²) in [6.07, 6.45) is 69.6. The highest BCUT2D eigenvalue weighted by Gasteiger charge is 2.19. The maximum Gasteiger partial charge on any atom is 0.306 e. The minimum Gasteiger partial charge on any atom is -0.462 e. The standard InChI is InChI=1S/C64H122O6/c1-4-7-10-13-16-19-21-23-25-26-27-28-29-30-31-32-33-34-35-36-37-38-39-41-42-45-48-51-54-57-63(66)69-60-61(59-68-62(65)56-53-50-47-44-18-15-12-9-6-3)70-64(67)58-55-52-49-46-43-40-24-22-20-17-14-11-8-5-2/h22,24,61H,4-21,23,25-60H2,1-3H3/b24-22-. The number of hydrogen-bond acceptors (Lipinski definition) is 6.